The molecule has 0 bridgehead atoms. The van der Waals surface area contributed by atoms with Crippen molar-refractivity contribution in [2.24, 2.45) is 0 Å². The maximum absolute atomic E-state index is 11.7. The molecule has 0 fully saturated rings. The fourth-order valence-corrected chi connectivity index (χ4v) is 2.84. The van der Waals surface area contributed by atoms with Gasteiger partial charge >= 0.3 is 5.97 Å². The molecule has 3 nitrogen and oxygen atoms in total. The van der Waals surface area contributed by atoms with Crippen molar-refractivity contribution >= 4 is 32.8 Å². The lowest BCUT2D eigenvalue weighted by molar-refractivity contribution is 0.0698. The van der Waals surface area contributed by atoms with Crippen molar-refractivity contribution in [1.82, 2.24) is 4.98 Å². The number of fused-ring (bicyclic) bond motifs is 1. The number of carboxylic acids is 1. The molecule has 104 valence electrons. The summed E-state index contributed by atoms with van der Waals surface area (Å²) in [7, 11) is 0. The lowest BCUT2D eigenvalue weighted by atomic mass is 9.98. The van der Waals surface area contributed by atoms with Crippen LogP contribution in [0.3, 0.4) is 0 Å². The Morgan fingerprint density at radius 2 is 1.86 bits per heavy atom. The third kappa shape index (κ3) is 2.43. The molecule has 0 saturated heterocycles. The van der Waals surface area contributed by atoms with Gasteiger partial charge in [-0.15, -0.1) is 0 Å². The highest BCUT2D eigenvalue weighted by Crippen LogP contribution is 2.30. The smallest absolute Gasteiger partial charge is 0.336 e. The van der Waals surface area contributed by atoms with Gasteiger partial charge in [0.2, 0.25) is 0 Å². The molecule has 1 aromatic heterocycles. The van der Waals surface area contributed by atoms with Crippen LogP contribution in [0.1, 0.15) is 15.9 Å². The van der Waals surface area contributed by atoms with Gasteiger partial charge in [-0.05, 0) is 24.6 Å². The second-order valence-electron chi connectivity index (χ2n) is 4.79. The fraction of sp³-hybridized carbons (Fsp3) is 0.0588. The summed E-state index contributed by atoms with van der Waals surface area (Å²) in [6.45, 7) is 1.81. The minimum absolute atomic E-state index is 0.311. The second-order valence-corrected chi connectivity index (χ2v) is 5.71. The van der Waals surface area contributed by atoms with E-state index in [1.807, 2.05) is 42.5 Å². The predicted octanol–water partition coefficient (Wildman–Crippen LogP) is 4.67. The minimum Gasteiger partial charge on any atom is -0.478 e. The molecule has 0 spiro atoms. The number of carbonyl (C=O) groups is 1. The number of halogens is 1. The van der Waals surface area contributed by atoms with Crippen molar-refractivity contribution in [2.75, 3.05) is 0 Å². The molecule has 0 aliphatic rings. The van der Waals surface area contributed by atoms with E-state index < -0.39 is 5.97 Å². The highest BCUT2D eigenvalue weighted by atomic mass is 79.9. The zero-order chi connectivity index (χ0) is 15.0. The van der Waals surface area contributed by atoms with Gasteiger partial charge in [0.1, 0.15) is 0 Å². The van der Waals surface area contributed by atoms with Gasteiger partial charge in [-0.3, -0.25) is 0 Å². The third-order valence-corrected chi connectivity index (χ3v) is 3.95. The van der Waals surface area contributed by atoms with Crippen LogP contribution in [0.2, 0.25) is 0 Å². The normalized spacial score (nSPS) is 10.8. The molecule has 4 heteroatoms. The average Bonchev–Trinajstić information content (AvgIpc) is 2.47. The Morgan fingerprint density at radius 3 is 2.52 bits per heavy atom. The summed E-state index contributed by atoms with van der Waals surface area (Å²) in [6, 6.07) is 15.1. The van der Waals surface area contributed by atoms with Crippen molar-refractivity contribution < 1.29 is 9.90 Å². The van der Waals surface area contributed by atoms with Gasteiger partial charge < -0.3 is 5.11 Å². The summed E-state index contributed by atoms with van der Waals surface area (Å²) in [6.07, 6.45) is 0. The van der Waals surface area contributed by atoms with Crippen LogP contribution in [-0.4, -0.2) is 16.1 Å². The van der Waals surface area contributed by atoms with Gasteiger partial charge in [-0.1, -0.05) is 52.3 Å². The summed E-state index contributed by atoms with van der Waals surface area (Å²) in [5.74, 6) is -0.931. The van der Waals surface area contributed by atoms with E-state index in [4.69, 9.17) is 0 Å². The molecule has 0 saturated carbocycles. The highest BCUT2D eigenvalue weighted by molar-refractivity contribution is 9.10. The van der Waals surface area contributed by atoms with Crippen molar-refractivity contribution in [1.29, 1.82) is 0 Å². The Bertz CT molecular complexity index is 844. The number of nitrogens with zero attached hydrogens (tertiary/aromatic N) is 1. The summed E-state index contributed by atoms with van der Waals surface area (Å²) >= 11 is 3.41. The number of aromatic carboxylic acids is 1. The number of rotatable bonds is 2. The fourth-order valence-electron chi connectivity index (χ4n) is 2.49. The first-order valence-corrected chi connectivity index (χ1v) is 7.26. The van der Waals surface area contributed by atoms with E-state index in [0.717, 1.165) is 10.0 Å². The largest absolute Gasteiger partial charge is 0.478 e. The van der Waals surface area contributed by atoms with Gasteiger partial charge in [0, 0.05) is 15.4 Å². The molecule has 1 heterocycles. The van der Waals surface area contributed by atoms with E-state index in [-0.39, 0.29) is 0 Å². The van der Waals surface area contributed by atoms with Crippen LogP contribution >= 0.6 is 15.9 Å². The molecule has 3 aromatic rings. The number of carboxylic acid groups (broad SMARTS) is 1. The number of hydrogen-bond donors (Lipinski definition) is 1. The number of hydrogen-bond acceptors (Lipinski definition) is 2. The van der Waals surface area contributed by atoms with E-state index >= 15 is 0 Å². The van der Waals surface area contributed by atoms with Gasteiger partial charge in [0.15, 0.2) is 0 Å². The zero-order valence-electron chi connectivity index (χ0n) is 11.3. The maximum Gasteiger partial charge on any atom is 0.336 e. The standard InChI is InChI=1S/C17H12BrNO2/c1-10-15(17(20)21)13-8-7-12(18)9-14(13)19-16(10)11-5-3-2-4-6-11/h2-9H,1H3,(H,20,21). The molecule has 2 aromatic carbocycles. The first-order valence-electron chi connectivity index (χ1n) is 6.46. The zero-order valence-corrected chi connectivity index (χ0v) is 12.9. The molecule has 21 heavy (non-hydrogen) atoms. The van der Waals surface area contributed by atoms with E-state index in [1.54, 1.807) is 13.0 Å². The van der Waals surface area contributed by atoms with E-state index in [1.165, 1.54) is 0 Å². The second kappa shape index (κ2) is 5.30. The third-order valence-electron chi connectivity index (χ3n) is 3.45. The van der Waals surface area contributed by atoms with Crippen LogP contribution in [0, 0.1) is 6.92 Å². The SMILES string of the molecule is Cc1c(-c2ccccc2)nc2cc(Br)ccc2c1C(=O)O. The van der Waals surface area contributed by atoms with Crippen LogP contribution in [0.4, 0.5) is 0 Å². The van der Waals surface area contributed by atoms with Crippen LogP contribution in [0.5, 0.6) is 0 Å². The minimum atomic E-state index is -0.931. The Labute approximate surface area is 130 Å². The number of pyridine rings is 1. The Kier molecular flexibility index (Phi) is 3.47. The molecule has 3 rings (SSSR count). The van der Waals surface area contributed by atoms with Crippen molar-refractivity contribution in [3.63, 3.8) is 0 Å². The van der Waals surface area contributed by atoms with Crippen molar-refractivity contribution in [3.05, 3.63) is 64.1 Å². The molecule has 0 atom stereocenters. The Morgan fingerprint density at radius 1 is 1.14 bits per heavy atom. The summed E-state index contributed by atoms with van der Waals surface area (Å²) < 4.78 is 0.877. The van der Waals surface area contributed by atoms with Crippen LogP contribution < -0.4 is 0 Å². The molecular weight excluding hydrogens is 330 g/mol. The van der Waals surface area contributed by atoms with E-state index in [9.17, 15) is 9.90 Å². The molecule has 0 aliphatic carbocycles. The number of aromatic nitrogens is 1. The monoisotopic (exact) mass is 341 g/mol. The highest BCUT2D eigenvalue weighted by Gasteiger charge is 2.18. The van der Waals surface area contributed by atoms with Crippen LogP contribution in [0.25, 0.3) is 22.2 Å². The average molecular weight is 342 g/mol. The quantitative estimate of drug-likeness (QED) is 0.736. The summed E-state index contributed by atoms with van der Waals surface area (Å²) in [4.78, 5) is 16.3. The topological polar surface area (TPSA) is 50.2 Å². The summed E-state index contributed by atoms with van der Waals surface area (Å²) in [5.41, 5.74) is 3.29. The lowest BCUT2D eigenvalue weighted by Gasteiger charge is -2.12. The van der Waals surface area contributed by atoms with E-state index in [0.29, 0.717) is 27.7 Å². The van der Waals surface area contributed by atoms with Crippen molar-refractivity contribution in [3.8, 4) is 11.3 Å². The predicted molar refractivity (Wildman–Crippen MR) is 86.6 cm³/mol. The van der Waals surface area contributed by atoms with Gasteiger partial charge in [-0.2, -0.15) is 0 Å². The van der Waals surface area contributed by atoms with Gasteiger partial charge in [0.25, 0.3) is 0 Å². The van der Waals surface area contributed by atoms with E-state index in [2.05, 4.69) is 20.9 Å². The molecule has 0 radical (unpaired) electrons. The van der Waals surface area contributed by atoms with Gasteiger partial charge in [-0.25, -0.2) is 9.78 Å². The molecule has 0 amide bonds. The first-order chi connectivity index (χ1) is 10.1. The Hall–Kier alpha value is -2.20. The molecule has 1 N–H and O–H groups in total. The van der Waals surface area contributed by atoms with Crippen LogP contribution in [-0.2, 0) is 0 Å². The molecular formula is C17H12BrNO2. The number of benzene rings is 2. The first kappa shape index (κ1) is 13.8. The lowest BCUT2D eigenvalue weighted by Crippen LogP contribution is -2.04. The van der Waals surface area contributed by atoms with Crippen LogP contribution in [0.15, 0.2) is 53.0 Å². The Balaban J connectivity index is 2.41. The van der Waals surface area contributed by atoms with Gasteiger partial charge in [0.05, 0.1) is 16.8 Å². The van der Waals surface area contributed by atoms with Crippen molar-refractivity contribution in [2.45, 2.75) is 6.92 Å². The summed E-state index contributed by atoms with van der Waals surface area (Å²) in [5, 5.41) is 10.2. The molecule has 0 unspecified atom stereocenters. The molecule has 0 aliphatic heterocycles. The maximum atomic E-state index is 11.7.